The van der Waals surface area contributed by atoms with Crippen molar-refractivity contribution in [1.82, 2.24) is 15.0 Å². The van der Waals surface area contributed by atoms with Crippen molar-refractivity contribution in [3.8, 4) is 11.4 Å². The number of pyridine rings is 3. The van der Waals surface area contributed by atoms with E-state index in [9.17, 15) is 9.59 Å². The first-order valence-electron chi connectivity index (χ1n) is 8.66. The molecule has 0 spiro atoms. The van der Waals surface area contributed by atoms with Gasteiger partial charge in [0, 0.05) is 18.6 Å². The molecule has 142 valence electrons. The lowest BCUT2D eigenvalue weighted by Crippen LogP contribution is -2.34. The normalized spacial score (nSPS) is 12.7. The summed E-state index contributed by atoms with van der Waals surface area (Å²) in [5.74, 6) is -0.510. The standard InChI is InChI=1S/C20H13N5O3S/c1-28-19(26)17-16-15-14(6-9-23-18(15)29-17)25(20(27)24-16)11-5-8-22-13(10-11)12-4-2-3-7-21-12/h2-10H,1H3,(H,24,27). The van der Waals surface area contributed by atoms with Crippen molar-refractivity contribution in [2.24, 2.45) is 0 Å². The molecule has 0 bridgehead atoms. The summed E-state index contributed by atoms with van der Waals surface area (Å²) in [5, 5.41) is 3.52. The fraction of sp³-hybridized carbons (Fsp3) is 0.0500. The van der Waals surface area contributed by atoms with Crippen LogP contribution in [0.1, 0.15) is 9.67 Å². The fourth-order valence-corrected chi connectivity index (χ4v) is 4.33. The number of amides is 2. The topological polar surface area (TPSA) is 97.3 Å². The van der Waals surface area contributed by atoms with E-state index in [1.165, 1.54) is 18.4 Å². The van der Waals surface area contributed by atoms with Gasteiger partial charge in [0.1, 0.15) is 9.71 Å². The number of thiophene rings is 1. The number of carbonyl (C=O) groups is 2. The number of rotatable bonds is 3. The molecule has 0 radical (unpaired) electrons. The highest BCUT2D eigenvalue weighted by atomic mass is 32.1. The molecule has 0 saturated heterocycles. The van der Waals surface area contributed by atoms with Crippen molar-refractivity contribution in [3.05, 3.63) is 59.9 Å². The van der Waals surface area contributed by atoms with E-state index in [0.717, 1.165) is 0 Å². The second-order valence-corrected chi connectivity index (χ2v) is 7.19. The maximum absolute atomic E-state index is 13.0. The summed E-state index contributed by atoms with van der Waals surface area (Å²) in [6.45, 7) is 0. The monoisotopic (exact) mass is 403 g/mol. The van der Waals surface area contributed by atoms with Gasteiger partial charge in [-0.15, -0.1) is 11.3 Å². The van der Waals surface area contributed by atoms with Crippen LogP contribution in [0.15, 0.2) is 55.0 Å². The molecule has 0 fully saturated rings. The van der Waals surface area contributed by atoms with E-state index in [1.54, 1.807) is 41.7 Å². The third-order valence-corrected chi connectivity index (χ3v) is 5.62. The third kappa shape index (κ3) is 2.71. The molecule has 4 aromatic rings. The summed E-state index contributed by atoms with van der Waals surface area (Å²) >= 11 is 1.19. The van der Waals surface area contributed by atoms with Crippen LogP contribution in [0.25, 0.3) is 21.6 Å². The average molecular weight is 403 g/mol. The minimum atomic E-state index is -0.510. The zero-order valence-corrected chi connectivity index (χ0v) is 15.9. The largest absolute Gasteiger partial charge is 0.465 e. The lowest BCUT2D eigenvalue weighted by molar-refractivity contribution is 0.0607. The first-order chi connectivity index (χ1) is 14.2. The Labute approximate surface area is 168 Å². The Kier molecular flexibility index (Phi) is 3.95. The Balaban J connectivity index is 1.68. The van der Waals surface area contributed by atoms with Gasteiger partial charge in [0.2, 0.25) is 0 Å². The predicted octanol–water partition coefficient (Wildman–Crippen LogP) is 4.22. The molecule has 0 aliphatic carbocycles. The van der Waals surface area contributed by atoms with Crippen molar-refractivity contribution in [3.63, 3.8) is 0 Å². The molecule has 0 atom stereocenters. The van der Waals surface area contributed by atoms with Gasteiger partial charge in [-0.05, 0) is 30.3 Å². The summed E-state index contributed by atoms with van der Waals surface area (Å²) in [6.07, 6.45) is 4.94. The SMILES string of the molecule is COC(=O)c1sc2nccc3c2c1NC(=O)N3c1ccnc(-c2ccccn2)c1. The van der Waals surface area contributed by atoms with Gasteiger partial charge in [-0.25, -0.2) is 14.6 Å². The van der Waals surface area contributed by atoms with E-state index in [0.29, 0.717) is 43.5 Å². The second kappa shape index (κ2) is 6.64. The molecule has 8 nitrogen and oxygen atoms in total. The predicted molar refractivity (Wildman–Crippen MR) is 110 cm³/mol. The quantitative estimate of drug-likeness (QED) is 0.514. The molecule has 0 saturated carbocycles. The number of aromatic nitrogens is 3. The van der Waals surface area contributed by atoms with Crippen LogP contribution in [0.5, 0.6) is 0 Å². The third-order valence-electron chi connectivity index (χ3n) is 4.55. The Bertz CT molecular complexity index is 1270. The van der Waals surface area contributed by atoms with Crippen LogP contribution in [0, 0.1) is 0 Å². The van der Waals surface area contributed by atoms with Gasteiger partial charge >= 0.3 is 12.0 Å². The van der Waals surface area contributed by atoms with Gasteiger partial charge in [0.25, 0.3) is 0 Å². The van der Waals surface area contributed by atoms with Crippen molar-refractivity contribution < 1.29 is 14.3 Å². The van der Waals surface area contributed by atoms with Crippen LogP contribution >= 0.6 is 11.3 Å². The number of nitrogens with zero attached hydrogens (tertiary/aromatic N) is 4. The van der Waals surface area contributed by atoms with Gasteiger partial charge in [-0.3, -0.25) is 14.9 Å². The van der Waals surface area contributed by atoms with Gasteiger partial charge < -0.3 is 10.1 Å². The highest BCUT2D eigenvalue weighted by Crippen LogP contribution is 2.45. The van der Waals surface area contributed by atoms with E-state index in [2.05, 4.69) is 20.3 Å². The Morgan fingerprint density at radius 1 is 1.07 bits per heavy atom. The zero-order valence-electron chi connectivity index (χ0n) is 15.1. The molecule has 1 aliphatic rings. The molecule has 4 aromatic heterocycles. The number of anilines is 3. The first-order valence-corrected chi connectivity index (χ1v) is 9.47. The molecule has 1 N–H and O–H groups in total. The van der Waals surface area contributed by atoms with Gasteiger partial charge in [0.05, 0.1) is 40.9 Å². The number of esters is 1. The molecule has 5 heterocycles. The minimum absolute atomic E-state index is 0.319. The Hall–Kier alpha value is -3.85. The summed E-state index contributed by atoms with van der Waals surface area (Å²) in [5.41, 5.74) is 3.05. The van der Waals surface area contributed by atoms with Crippen molar-refractivity contribution in [2.45, 2.75) is 0 Å². The maximum atomic E-state index is 13.0. The fourth-order valence-electron chi connectivity index (χ4n) is 3.29. The maximum Gasteiger partial charge on any atom is 0.350 e. The summed E-state index contributed by atoms with van der Waals surface area (Å²) in [4.78, 5) is 40.7. The molecule has 1 aliphatic heterocycles. The van der Waals surface area contributed by atoms with Gasteiger partial charge in [-0.2, -0.15) is 0 Å². The minimum Gasteiger partial charge on any atom is -0.465 e. The van der Waals surface area contributed by atoms with E-state index in [-0.39, 0.29) is 6.03 Å². The van der Waals surface area contributed by atoms with Crippen LogP contribution in [-0.2, 0) is 4.74 Å². The summed E-state index contributed by atoms with van der Waals surface area (Å²) < 4.78 is 4.85. The lowest BCUT2D eigenvalue weighted by Gasteiger charge is -2.28. The zero-order chi connectivity index (χ0) is 20.0. The highest BCUT2D eigenvalue weighted by molar-refractivity contribution is 7.21. The van der Waals surface area contributed by atoms with Gasteiger partial charge in [-0.1, -0.05) is 6.07 Å². The molecule has 2 amide bonds. The number of nitrogens with one attached hydrogen (secondary N) is 1. The number of methoxy groups -OCH3 is 1. The Morgan fingerprint density at radius 3 is 2.69 bits per heavy atom. The molecule has 9 heteroatoms. The second-order valence-electron chi connectivity index (χ2n) is 6.19. The number of hydrogen-bond acceptors (Lipinski definition) is 7. The molecule has 0 aromatic carbocycles. The van der Waals surface area contributed by atoms with E-state index in [1.807, 2.05) is 18.2 Å². The number of urea groups is 1. The van der Waals surface area contributed by atoms with Crippen LogP contribution < -0.4 is 10.2 Å². The molecule has 5 rings (SSSR count). The van der Waals surface area contributed by atoms with Crippen molar-refractivity contribution in [1.29, 1.82) is 0 Å². The van der Waals surface area contributed by atoms with Crippen LogP contribution in [0.2, 0.25) is 0 Å². The van der Waals surface area contributed by atoms with Crippen LogP contribution in [0.4, 0.5) is 21.9 Å². The number of hydrogen-bond donors (Lipinski definition) is 1. The summed E-state index contributed by atoms with van der Waals surface area (Å²) in [7, 11) is 1.31. The van der Waals surface area contributed by atoms with Crippen LogP contribution in [-0.4, -0.2) is 34.1 Å². The number of ether oxygens (including phenoxy) is 1. The molecule has 29 heavy (non-hydrogen) atoms. The first kappa shape index (κ1) is 17.3. The van der Waals surface area contributed by atoms with E-state index < -0.39 is 5.97 Å². The van der Waals surface area contributed by atoms with E-state index in [4.69, 9.17) is 4.74 Å². The average Bonchev–Trinajstić information content (AvgIpc) is 3.13. The van der Waals surface area contributed by atoms with Gasteiger partial charge in [0.15, 0.2) is 0 Å². The summed E-state index contributed by atoms with van der Waals surface area (Å²) in [6, 6.07) is 10.5. The van der Waals surface area contributed by atoms with E-state index >= 15 is 0 Å². The molecular weight excluding hydrogens is 390 g/mol. The molecular formula is C20H13N5O3S. The highest BCUT2D eigenvalue weighted by Gasteiger charge is 2.33. The Morgan fingerprint density at radius 2 is 1.90 bits per heavy atom. The lowest BCUT2D eigenvalue weighted by atomic mass is 10.1. The molecule has 0 unspecified atom stereocenters. The van der Waals surface area contributed by atoms with Crippen molar-refractivity contribution in [2.75, 3.05) is 17.3 Å². The smallest absolute Gasteiger partial charge is 0.350 e. The van der Waals surface area contributed by atoms with Crippen LogP contribution in [0.3, 0.4) is 0 Å². The van der Waals surface area contributed by atoms with Crippen molar-refractivity contribution >= 4 is 50.6 Å². The number of carbonyl (C=O) groups excluding carboxylic acids is 2.